The Morgan fingerprint density at radius 3 is 2.56 bits per heavy atom. The first kappa shape index (κ1) is 16.5. The summed E-state index contributed by atoms with van der Waals surface area (Å²) in [6, 6.07) is 10.6. The van der Waals surface area contributed by atoms with Gasteiger partial charge in [-0.1, -0.05) is 12.1 Å². The van der Waals surface area contributed by atoms with Crippen molar-refractivity contribution in [3.63, 3.8) is 0 Å². The second kappa shape index (κ2) is 7.04. The number of anilines is 2. The van der Waals surface area contributed by atoms with Gasteiger partial charge in [0.1, 0.15) is 13.2 Å². The minimum atomic E-state index is -0.646. The lowest BCUT2D eigenvalue weighted by molar-refractivity contribution is -0.106. The summed E-state index contributed by atoms with van der Waals surface area (Å²) >= 11 is 0. The number of imide groups is 1. The number of ketones is 1. The van der Waals surface area contributed by atoms with E-state index in [2.05, 4.69) is 5.32 Å². The smallest absolute Gasteiger partial charge is 0.332 e. The van der Waals surface area contributed by atoms with Crippen LogP contribution in [0.5, 0.6) is 11.5 Å². The van der Waals surface area contributed by atoms with Crippen LogP contribution in [0, 0.1) is 0 Å². The molecule has 0 bridgehead atoms. The number of nitrogens with zero attached hydrogens (tertiary/aromatic N) is 1. The van der Waals surface area contributed by atoms with Crippen molar-refractivity contribution < 1.29 is 23.9 Å². The molecule has 7 nitrogen and oxygen atoms in total. The van der Waals surface area contributed by atoms with Crippen molar-refractivity contribution in [1.29, 1.82) is 0 Å². The van der Waals surface area contributed by atoms with Gasteiger partial charge in [0.2, 0.25) is 6.41 Å². The number of rotatable bonds is 4. The molecule has 0 saturated carbocycles. The van der Waals surface area contributed by atoms with Crippen molar-refractivity contribution in [1.82, 2.24) is 0 Å². The van der Waals surface area contributed by atoms with E-state index in [1.165, 1.54) is 13.0 Å². The number of nitrogens with one attached hydrogen (secondary N) is 1. The zero-order valence-electron chi connectivity index (χ0n) is 13.5. The second-order valence-electron chi connectivity index (χ2n) is 5.37. The molecule has 1 heterocycles. The number of Topliss-reactive ketones (excluding diaryl/α,β-unsaturated/α-hetero) is 1. The third kappa shape index (κ3) is 3.60. The molecule has 1 N–H and O–H groups in total. The third-order valence-electron chi connectivity index (χ3n) is 3.65. The Morgan fingerprint density at radius 1 is 1.08 bits per heavy atom. The fraction of sp³-hybridized carbons (Fsp3) is 0.167. The summed E-state index contributed by atoms with van der Waals surface area (Å²) in [5.41, 5.74) is 1.18. The summed E-state index contributed by atoms with van der Waals surface area (Å²) in [6.07, 6.45) is 0.395. The van der Waals surface area contributed by atoms with Gasteiger partial charge in [0.15, 0.2) is 17.3 Å². The van der Waals surface area contributed by atoms with Crippen LogP contribution in [0.2, 0.25) is 0 Å². The third-order valence-corrected chi connectivity index (χ3v) is 3.65. The highest BCUT2D eigenvalue weighted by Gasteiger charge is 2.18. The Bertz CT molecular complexity index is 834. The van der Waals surface area contributed by atoms with E-state index < -0.39 is 6.03 Å². The highest BCUT2D eigenvalue weighted by Crippen LogP contribution is 2.32. The summed E-state index contributed by atoms with van der Waals surface area (Å²) in [6.45, 7) is 2.33. The number of hydrogen-bond acceptors (Lipinski definition) is 5. The number of urea groups is 1. The van der Waals surface area contributed by atoms with Crippen molar-refractivity contribution in [3.05, 3.63) is 48.0 Å². The number of fused-ring (bicyclic) bond motifs is 1. The van der Waals surface area contributed by atoms with Crippen LogP contribution in [-0.2, 0) is 4.79 Å². The molecule has 1 aliphatic heterocycles. The molecule has 25 heavy (non-hydrogen) atoms. The van der Waals surface area contributed by atoms with Crippen molar-refractivity contribution in [2.45, 2.75) is 6.92 Å². The minimum absolute atomic E-state index is 0.153. The maximum atomic E-state index is 12.4. The first-order valence-corrected chi connectivity index (χ1v) is 7.64. The van der Waals surface area contributed by atoms with Gasteiger partial charge in [-0.05, 0) is 31.2 Å². The molecule has 7 heteroatoms. The van der Waals surface area contributed by atoms with Gasteiger partial charge >= 0.3 is 6.03 Å². The van der Waals surface area contributed by atoms with Crippen LogP contribution in [0.4, 0.5) is 16.2 Å². The van der Waals surface area contributed by atoms with Crippen molar-refractivity contribution in [3.8, 4) is 11.5 Å². The normalized spacial score (nSPS) is 12.2. The van der Waals surface area contributed by atoms with E-state index in [-0.39, 0.29) is 5.78 Å². The largest absolute Gasteiger partial charge is 0.486 e. The average Bonchev–Trinajstić information content (AvgIpc) is 2.62. The summed E-state index contributed by atoms with van der Waals surface area (Å²) in [4.78, 5) is 36.2. The summed E-state index contributed by atoms with van der Waals surface area (Å²) in [7, 11) is 0. The molecular weight excluding hydrogens is 324 g/mol. The zero-order valence-corrected chi connectivity index (χ0v) is 13.5. The Morgan fingerprint density at radius 2 is 1.84 bits per heavy atom. The van der Waals surface area contributed by atoms with E-state index in [9.17, 15) is 14.4 Å². The van der Waals surface area contributed by atoms with Crippen molar-refractivity contribution >= 4 is 29.6 Å². The van der Waals surface area contributed by atoms with Crippen LogP contribution in [0.25, 0.3) is 0 Å². The molecule has 0 atom stereocenters. The quantitative estimate of drug-likeness (QED) is 0.683. The minimum Gasteiger partial charge on any atom is -0.486 e. The van der Waals surface area contributed by atoms with E-state index in [1.807, 2.05) is 0 Å². The Balaban J connectivity index is 1.80. The first-order valence-electron chi connectivity index (χ1n) is 7.64. The van der Waals surface area contributed by atoms with Gasteiger partial charge in [0.25, 0.3) is 0 Å². The lowest BCUT2D eigenvalue weighted by Gasteiger charge is -2.20. The lowest BCUT2D eigenvalue weighted by atomic mass is 10.1. The highest BCUT2D eigenvalue weighted by molar-refractivity contribution is 6.12. The molecule has 0 unspecified atom stereocenters. The molecule has 3 rings (SSSR count). The fourth-order valence-electron chi connectivity index (χ4n) is 2.41. The molecule has 0 aliphatic carbocycles. The van der Waals surface area contributed by atoms with Crippen LogP contribution in [0.3, 0.4) is 0 Å². The molecule has 128 valence electrons. The summed E-state index contributed by atoms with van der Waals surface area (Å²) < 4.78 is 10.9. The molecule has 0 saturated heterocycles. The molecule has 1 aliphatic rings. The molecule has 3 amide bonds. The predicted molar refractivity (Wildman–Crippen MR) is 91.4 cm³/mol. The van der Waals surface area contributed by atoms with Gasteiger partial charge in [-0.2, -0.15) is 0 Å². The maximum Gasteiger partial charge on any atom is 0.332 e. The number of hydrogen-bond donors (Lipinski definition) is 1. The van der Waals surface area contributed by atoms with Gasteiger partial charge in [-0.15, -0.1) is 0 Å². The first-order chi connectivity index (χ1) is 12.1. The number of benzene rings is 2. The molecule has 0 spiro atoms. The number of amides is 3. The highest BCUT2D eigenvalue weighted by atomic mass is 16.6. The van der Waals surface area contributed by atoms with E-state index in [0.29, 0.717) is 48.1 Å². The van der Waals surface area contributed by atoms with E-state index >= 15 is 0 Å². The van der Waals surface area contributed by atoms with Crippen LogP contribution in [0.15, 0.2) is 42.5 Å². The molecule has 0 aromatic heterocycles. The standard InChI is InChI=1S/C18H16N2O5/c1-12(22)13-3-2-4-15(9-13)20(11-21)18(23)19-14-5-6-16-17(10-14)25-8-7-24-16/h2-6,9-11H,7-8H2,1H3,(H,19,23). The van der Waals surface area contributed by atoms with Gasteiger partial charge in [0, 0.05) is 17.3 Å². The fourth-order valence-corrected chi connectivity index (χ4v) is 2.41. The SMILES string of the molecule is CC(=O)c1cccc(N(C=O)C(=O)Nc2ccc3c(c2)OCCO3)c1. The van der Waals surface area contributed by atoms with Crippen LogP contribution < -0.4 is 19.7 Å². The number of carbonyl (C=O) groups is 3. The van der Waals surface area contributed by atoms with Gasteiger partial charge < -0.3 is 14.8 Å². The number of carbonyl (C=O) groups excluding carboxylic acids is 3. The molecular formula is C18H16N2O5. The van der Waals surface area contributed by atoms with Crippen molar-refractivity contribution in [2.75, 3.05) is 23.4 Å². The monoisotopic (exact) mass is 340 g/mol. The van der Waals surface area contributed by atoms with Crippen LogP contribution >= 0.6 is 0 Å². The predicted octanol–water partition coefficient (Wildman–Crippen LogP) is 2.86. The van der Waals surface area contributed by atoms with Gasteiger partial charge in [-0.25, -0.2) is 9.69 Å². The second-order valence-corrected chi connectivity index (χ2v) is 5.37. The van der Waals surface area contributed by atoms with E-state index in [0.717, 1.165) is 4.90 Å². The van der Waals surface area contributed by atoms with E-state index in [4.69, 9.17) is 9.47 Å². The zero-order chi connectivity index (χ0) is 17.8. The average molecular weight is 340 g/mol. The molecule has 0 fully saturated rings. The summed E-state index contributed by atoms with van der Waals surface area (Å²) in [5, 5.41) is 2.63. The molecule has 0 radical (unpaired) electrons. The molecule has 2 aromatic carbocycles. The van der Waals surface area contributed by atoms with E-state index in [1.54, 1.807) is 36.4 Å². The summed E-state index contributed by atoms with van der Waals surface area (Å²) in [5.74, 6) is 0.978. The number of ether oxygens (including phenoxy) is 2. The molecule has 2 aromatic rings. The van der Waals surface area contributed by atoms with Gasteiger partial charge in [-0.3, -0.25) is 9.59 Å². The maximum absolute atomic E-state index is 12.4. The lowest BCUT2D eigenvalue weighted by Crippen LogP contribution is -2.33. The Labute approximate surface area is 144 Å². The van der Waals surface area contributed by atoms with Gasteiger partial charge in [0.05, 0.1) is 5.69 Å². The van der Waals surface area contributed by atoms with Crippen LogP contribution in [0.1, 0.15) is 17.3 Å². The Kier molecular flexibility index (Phi) is 4.65. The van der Waals surface area contributed by atoms with Crippen LogP contribution in [-0.4, -0.2) is 31.4 Å². The Hall–Kier alpha value is -3.35. The topological polar surface area (TPSA) is 84.9 Å². The van der Waals surface area contributed by atoms with Crippen molar-refractivity contribution in [2.24, 2.45) is 0 Å².